The van der Waals surface area contributed by atoms with E-state index >= 15 is 0 Å². The summed E-state index contributed by atoms with van der Waals surface area (Å²) in [6.07, 6.45) is 8.67. The molecule has 0 fully saturated rings. The van der Waals surface area contributed by atoms with Gasteiger partial charge in [-0.1, -0.05) is 43.0 Å². The Labute approximate surface area is 194 Å². The van der Waals surface area contributed by atoms with E-state index in [1.165, 1.54) is 22.4 Å². The Balaban J connectivity index is 0.000000621. The molecular formula is C20H23Cl2N2O3Sc-. The quantitative estimate of drug-likeness (QED) is 0.535. The predicted octanol–water partition coefficient (Wildman–Crippen LogP) is 4.49. The van der Waals surface area contributed by atoms with E-state index in [0.29, 0.717) is 16.6 Å². The van der Waals surface area contributed by atoms with E-state index in [0.717, 1.165) is 0 Å². The van der Waals surface area contributed by atoms with Gasteiger partial charge in [0.25, 0.3) is 0 Å². The first kappa shape index (κ1) is 26.7. The molecule has 1 atom stereocenters. The molecule has 149 valence electrons. The number of allylic oxidation sites excluding steroid dienone is 4. The fraction of sp³-hybridized carbons (Fsp3) is 0.250. The number of hydrogen-bond acceptors (Lipinski definition) is 3. The van der Waals surface area contributed by atoms with Gasteiger partial charge in [0.15, 0.2) is 0 Å². The van der Waals surface area contributed by atoms with E-state index in [4.69, 9.17) is 23.2 Å². The first-order chi connectivity index (χ1) is 12.2. The Kier molecular flexibility index (Phi) is 11.1. The van der Waals surface area contributed by atoms with E-state index in [1.807, 2.05) is 0 Å². The van der Waals surface area contributed by atoms with Crippen molar-refractivity contribution in [1.29, 1.82) is 0 Å². The van der Waals surface area contributed by atoms with Crippen LogP contribution in [0.1, 0.15) is 35.5 Å². The van der Waals surface area contributed by atoms with Crippen molar-refractivity contribution in [3.05, 3.63) is 75.3 Å². The van der Waals surface area contributed by atoms with Crippen molar-refractivity contribution in [3.63, 3.8) is 0 Å². The largest absolute Gasteiger partial charge is 0.493 e. The molecule has 1 aliphatic rings. The number of nitrogens with zero attached hydrogens (tertiary/aromatic N) is 2. The number of aromatic nitrogens is 2. The van der Waals surface area contributed by atoms with Crippen molar-refractivity contribution >= 4 is 29.0 Å². The van der Waals surface area contributed by atoms with Crippen molar-refractivity contribution in [2.24, 2.45) is 13.0 Å². The van der Waals surface area contributed by atoms with Crippen LogP contribution in [-0.4, -0.2) is 26.1 Å². The summed E-state index contributed by atoms with van der Waals surface area (Å²) in [5.74, 6) is 0.0864. The van der Waals surface area contributed by atoms with Crippen LogP contribution in [0.15, 0.2) is 42.0 Å². The number of benzene rings is 1. The number of aryl methyl sites for hydroxylation is 2. The van der Waals surface area contributed by atoms with Crippen LogP contribution in [0.4, 0.5) is 0 Å². The van der Waals surface area contributed by atoms with Crippen LogP contribution in [0.2, 0.25) is 10.0 Å². The fourth-order valence-corrected chi connectivity index (χ4v) is 3.12. The van der Waals surface area contributed by atoms with Gasteiger partial charge in [-0.05, 0) is 25.1 Å². The van der Waals surface area contributed by atoms with Gasteiger partial charge in [-0.15, -0.1) is 11.6 Å². The maximum absolute atomic E-state index is 12.3. The van der Waals surface area contributed by atoms with Crippen molar-refractivity contribution in [3.8, 4) is 5.88 Å². The van der Waals surface area contributed by atoms with Crippen LogP contribution in [0.25, 0.3) is 0 Å². The summed E-state index contributed by atoms with van der Waals surface area (Å²) < 4.78 is 1.24. The third kappa shape index (κ3) is 6.62. The van der Waals surface area contributed by atoms with Gasteiger partial charge in [0.2, 0.25) is 11.7 Å². The molecule has 1 aromatic carbocycles. The molecule has 8 heteroatoms. The van der Waals surface area contributed by atoms with Gasteiger partial charge < -0.3 is 10.6 Å². The van der Waals surface area contributed by atoms with E-state index < -0.39 is 0 Å². The van der Waals surface area contributed by atoms with E-state index in [2.05, 4.69) is 43.6 Å². The average Bonchev–Trinajstić information content (AvgIpc) is 2.80. The molecule has 1 aromatic heterocycles. The van der Waals surface area contributed by atoms with Crippen molar-refractivity contribution in [1.82, 2.24) is 9.78 Å². The van der Waals surface area contributed by atoms with E-state index in [1.54, 1.807) is 20.0 Å². The maximum Gasteiger partial charge on any atom is 0.220 e. The Morgan fingerprint density at radius 3 is 2.36 bits per heavy atom. The van der Waals surface area contributed by atoms with Crippen LogP contribution in [-0.2, 0) is 32.9 Å². The smallest absolute Gasteiger partial charge is 0.220 e. The maximum atomic E-state index is 12.3. The number of rotatable bonds is 2. The Morgan fingerprint density at radius 1 is 1.29 bits per heavy atom. The molecule has 1 aliphatic carbocycles. The zero-order valence-electron chi connectivity index (χ0n) is 16.2. The summed E-state index contributed by atoms with van der Waals surface area (Å²) in [7, 11) is 1.56. The molecule has 0 saturated heterocycles. The second kappa shape index (κ2) is 11.6. The van der Waals surface area contributed by atoms with Crippen LogP contribution in [0.3, 0.4) is 0 Å². The molecule has 1 unspecified atom stereocenters. The molecule has 1 radical (unpaired) electrons. The minimum atomic E-state index is -0.375. The molecule has 0 saturated carbocycles. The summed E-state index contributed by atoms with van der Waals surface area (Å²) in [6, 6.07) is 4.58. The number of hydrogen-bond donors (Lipinski definition) is 1. The van der Waals surface area contributed by atoms with Crippen molar-refractivity contribution < 1.29 is 41.2 Å². The molecule has 0 aliphatic heterocycles. The van der Waals surface area contributed by atoms with Gasteiger partial charge in [0.05, 0.1) is 10.7 Å². The van der Waals surface area contributed by atoms with Gasteiger partial charge in [0, 0.05) is 43.5 Å². The van der Waals surface area contributed by atoms with Gasteiger partial charge in [-0.25, -0.2) is 23.3 Å². The minimum absolute atomic E-state index is 0. The standard InChI is InChI=1S/C12H10Cl2N2O2.C8H11.H2O.Sc/c1-6-10(12(18)16(2)15-6)11(17)8-4-3-7(13)5-9(8)14;1-7-4-3-5-8(2)6-7;;/h3-5,18H,1-2H3;3-7H,1-2H3;1H2;/q;-1;;. The molecule has 3 rings (SSSR count). The van der Waals surface area contributed by atoms with Crippen LogP contribution in [0, 0.1) is 19.3 Å². The van der Waals surface area contributed by atoms with Crippen LogP contribution < -0.4 is 0 Å². The molecule has 0 spiro atoms. The minimum Gasteiger partial charge on any atom is -0.493 e. The second-order valence-corrected chi connectivity index (χ2v) is 7.03. The molecular weight excluding hydrogens is 432 g/mol. The van der Waals surface area contributed by atoms with E-state index in [-0.39, 0.29) is 59.1 Å². The van der Waals surface area contributed by atoms with Crippen molar-refractivity contribution in [2.75, 3.05) is 0 Å². The SMILES string of the molecule is CC1=CC(C)[CH-]C=C1.Cc1nn(C)c(O)c1C(=O)c1ccc(Cl)cc1Cl.O.[Sc]. The monoisotopic (exact) mass is 454 g/mol. The summed E-state index contributed by atoms with van der Waals surface area (Å²) in [4.78, 5) is 12.3. The third-order valence-corrected chi connectivity index (χ3v) is 4.44. The molecule has 2 aromatic rings. The Bertz CT molecular complexity index is 892. The first-order valence-corrected chi connectivity index (χ1v) is 8.88. The zero-order valence-corrected chi connectivity index (χ0v) is 19.5. The van der Waals surface area contributed by atoms with Crippen LogP contribution in [0.5, 0.6) is 5.88 Å². The molecule has 0 amide bonds. The number of ketones is 1. The molecule has 28 heavy (non-hydrogen) atoms. The van der Waals surface area contributed by atoms with Gasteiger partial charge in [0.1, 0.15) is 5.56 Å². The third-order valence-electron chi connectivity index (χ3n) is 3.89. The summed E-state index contributed by atoms with van der Waals surface area (Å²) >= 11 is 11.7. The number of carbonyl (C=O) groups is 1. The summed E-state index contributed by atoms with van der Waals surface area (Å²) in [6.45, 7) is 5.96. The summed E-state index contributed by atoms with van der Waals surface area (Å²) in [5.41, 5.74) is 2.26. The number of carbonyl (C=O) groups excluding carboxylic acids is 1. The fourth-order valence-electron chi connectivity index (χ4n) is 2.63. The zero-order chi connectivity index (χ0) is 19.4. The predicted molar refractivity (Wildman–Crippen MR) is 109 cm³/mol. The molecule has 0 bridgehead atoms. The van der Waals surface area contributed by atoms with Crippen LogP contribution >= 0.6 is 23.2 Å². The van der Waals surface area contributed by atoms with Gasteiger partial charge >= 0.3 is 0 Å². The van der Waals surface area contributed by atoms with Crippen molar-refractivity contribution in [2.45, 2.75) is 20.8 Å². The number of aromatic hydroxyl groups is 1. The Hall–Kier alpha value is -1.34. The second-order valence-electron chi connectivity index (χ2n) is 6.18. The Morgan fingerprint density at radius 2 is 1.93 bits per heavy atom. The summed E-state index contributed by atoms with van der Waals surface area (Å²) in [5, 5.41) is 14.5. The molecule has 3 N–H and O–H groups in total. The van der Waals surface area contributed by atoms with E-state index in [9.17, 15) is 9.90 Å². The number of halogens is 2. The topological polar surface area (TPSA) is 86.6 Å². The van der Waals surface area contributed by atoms with Gasteiger partial charge in [-0.3, -0.25) is 4.79 Å². The molecule has 5 nitrogen and oxygen atoms in total. The average molecular weight is 455 g/mol. The molecule has 1 heterocycles. The first-order valence-electron chi connectivity index (χ1n) is 8.13. The van der Waals surface area contributed by atoms with Gasteiger partial charge in [-0.2, -0.15) is 5.10 Å². The normalized spacial score (nSPS) is 14.5.